The third-order valence-electron chi connectivity index (χ3n) is 10.2. The topological polar surface area (TPSA) is 110 Å². The van der Waals surface area contributed by atoms with E-state index in [1.807, 2.05) is 54.5 Å². The summed E-state index contributed by atoms with van der Waals surface area (Å²) in [6.07, 6.45) is 5.01. The van der Waals surface area contributed by atoms with E-state index in [9.17, 15) is 14.4 Å². The molecule has 3 unspecified atom stereocenters. The summed E-state index contributed by atoms with van der Waals surface area (Å²) in [5.41, 5.74) is 1.92. The number of quaternary nitrogens is 1. The molecule has 3 amide bonds. The zero-order valence-electron chi connectivity index (χ0n) is 24.2. The Kier molecular flexibility index (Phi) is 6.12. The summed E-state index contributed by atoms with van der Waals surface area (Å²) in [5.74, 6) is 1.10. The van der Waals surface area contributed by atoms with Crippen molar-refractivity contribution in [3.05, 3.63) is 66.1 Å². The van der Waals surface area contributed by atoms with Crippen LogP contribution in [0.25, 0.3) is 0 Å². The molecular formula is C31H36N7O4+. The number of para-hydroxylation sites is 1. The average Bonchev–Trinajstić information content (AvgIpc) is 3.38. The molecule has 3 atom stereocenters. The van der Waals surface area contributed by atoms with Crippen molar-refractivity contribution in [3.63, 3.8) is 0 Å². The van der Waals surface area contributed by atoms with Crippen LogP contribution in [0.3, 0.4) is 0 Å². The predicted molar refractivity (Wildman–Crippen MR) is 156 cm³/mol. The van der Waals surface area contributed by atoms with Crippen LogP contribution in [0.2, 0.25) is 0 Å². The van der Waals surface area contributed by atoms with Crippen molar-refractivity contribution in [2.75, 3.05) is 44.7 Å². The van der Waals surface area contributed by atoms with E-state index >= 15 is 0 Å². The smallest absolute Gasteiger partial charge is 0.341 e. The quantitative estimate of drug-likeness (QED) is 0.479. The van der Waals surface area contributed by atoms with Crippen molar-refractivity contribution in [1.82, 2.24) is 29.5 Å². The summed E-state index contributed by atoms with van der Waals surface area (Å²) in [6.45, 7) is 4.87. The van der Waals surface area contributed by atoms with Gasteiger partial charge in [-0.25, -0.2) is 14.3 Å². The van der Waals surface area contributed by atoms with Gasteiger partial charge < -0.3 is 19.9 Å². The number of aromatic nitrogens is 3. The number of pyridine rings is 1. The standard InChI is InChI=1S/C31H35N7O4/c1-20(39)36-12-14-37(15-13-36)26-9-8-21(18-32-26)38(3)22-16-31(17-22)19-42-25-7-5-4-6-23(25)27(31)28(30(38)41)34-29(40)24-10-11-33-35(24)2/h4-11,18,22,27-28H,12-17,19H2,1-3H3/p+1. The van der Waals surface area contributed by atoms with E-state index in [2.05, 4.69) is 15.3 Å². The fourth-order valence-corrected chi connectivity index (χ4v) is 7.66. The molecule has 2 bridgehead atoms. The number of amides is 3. The fourth-order valence-electron chi connectivity index (χ4n) is 7.66. The lowest BCUT2D eigenvalue weighted by atomic mass is 9.55. The summed E-state index contributed by atoms with van der Waals surface area (Å²) in [4.78, 5) is 49.0. The zero-order valence-corrected chi connectivity index (χ0v) is 24.2. The third-order valence-corrected chi connectivity index (χ3v) is 10.2. The lowest BCUT2D eigenvalue weighted by Crippen LogP contribution is -2.65. The van der Waals surface area contributed by atoms with Crippen LogP contribution in [0.5, 0.6) is 5.75 Å². The van der Waals surface area contributed by atoms with Gasteiger partial charge in [-0.2, -0.15) is 5.10 Å². The maximum atomic E-state index is 14.9. The normalized spacial score (nSPS) is 29.9. The molecule has 6 heterocycles. The van der Waals surface area contributed by atoms with Gasteiger partial charge in [0.1, 0.15) is 23.3 Å². The SMILES string of the molecule is CC(=O)N1CCN(c2ccc([N+]3(C)C(=O)C(NC(=O)c4ccnn4C)C4c5ccccc5OCC45CC3C5)cn2)CC1. The maximum absolute atomic E-state index is 14.9. The van der Waals surface area contributed by atoms with Crippen molar-refractivity contribution in [3.8, 4) is 5.75 Å². The van der Waals surface area contributed by atoms with Crippen molar-refractivity contribution in [2.24, 2.45) is 12.5 Å². The summed E-state index contributed by atoms with van der Waals surface area (Å²) in [5, 5.41) is 7.32. The molecule has 218 valence electrons. The number of rotatable bonds is 4. The van der Waals surface area contributed by atoms with Crippen molar-refractivity contribution in [2.45, 2.75) is 37.8 Å². The number of nitrogens with zero attached hydrogens (tertiary/aromatic N) is 6. The lowest BCUT2D eigenvalue weighted by Gasteiger charge is -2.54. The number of carbonyl (C=O) groups excluding carboxylic acids is 3. The number of benzene rings is 1. The second-order valence-corrected chi connectivity index (χ2v) is 12.3. The molecule has 3 saturated heterocycles. The van der Waals surface area contributed by atoms with E-state index in [0.717, 1.165) is 35.7 Å². The minimum atomic E-state index is -0.769. The van der Waals surface area contributed by atoms with Gasteiger partial charge in [-0.15, -0.1) is 0 Å². The zero-order chi connectivity index (χ0) is 29.2. The summed E-state index contributed by atoms with van der Waals surface area (Å²) in [6, 6.07) is 12.8. The Balaban J connectivity index is 1.24. The molecule has 2 aromatic heterocycles. The molecule has 5 aliphatic rings. The van der Waals surface area contributed by atoms with Crippen LogP contribution >= 0.6 is 0 Å². The molecular weight excluding hydrogens is 534 g/mol. The molecule has 8 rings (SSSR count). The van der Waals surface area contributed by atoms with E-state index in [0.29, 0.717) is 38.5 Å². The Bertz CT molecular complexity index is 1560. The monoisotopic (exact) mass is 570 g/mol. The van der Waals surface area contributed by atoms with Crippen LogP contribution < -0.4 is 19.4 Å². The van der Waals surface area contributed by atoms with Crippen molar-refractivity contribution < 1.29 is 19.1 Å². The number of carbonyl (C=O) groups is 3. The van der Waals surface area contributed by atoms with Crippen molar-refractivity contribution >= 4 is 29.2 Å². The summed E-state index contributed by atoms with van der Waals surface area (Å²) >= 11 is 0. The second-order valence-electron chi connectivity index (χ2n) is 12.3. The first-order valence-electron chi connectivity index (χ1n) is 14.6. The Morgan fingerprint density at radius 2 is 1.83 bits per heavy atom. The number of ether oxygens (including phenoxy) is 1. The molecule has 11 nitrogen and oxygen atoms in total. The van der Waals surface area contributed by atoms with Crippen LogP contribution in [0, 0.1) is 5.41 Å². The summed E-state index contributed by atoms with van der Waals surface area (Å²) in [7, 11) is 3.69. The van der Waals surface area contributed by atoms with E-state index in [-0.39, 0.29) is 39.6 Å². The summed E-state index contributed by atoms with van der Waals surface area (Å²) < 4.78 is 7.84. The molecule has 1 saturated carbocycles. The van der Waals surface area contributed by atoms with Gasteiger partial charge in [-0.3, -0.25) is 14.3 Å². The highest BCUT2D eigenvalue weighted by Gasteiger charge is 2.69. The van der Waals surface area contributed by atoms with Gasteiger partial charge in [0.05, 0.1) is 19.9 Å². The van der Waals surface area contributed by atoms with Gasteiger partial charge in [0.2, 0.25) is 5.91 Å². The van der Waals surface area contributed by atoms with Crippen LogP contribution in [-0.4, -0.2) is 89.3 Å². The molecule has 42 heavy (non-hydrogen) atoms. The molecule has 3 aromatic rings. The Morgan fingerprint density at radius 1 is 1.07 bits per heavy atom. The molecule has 11 heteroatoms. The van der Waals surface area contributed by atoms with Crippen LogP contribution in [0.1, 0.15) is 41.7 Å². The Labute approximate surface area is 244 Å². The second kappa shape index (κ2) is 9.65. The van der Waals surface area contributed by atoms with Crippen molar-refractivity contribution in [1.29, 1.82) is 0 Å². The Morgan fingerprint density at radius 3 is 2.50 bits per heavy atom. The first kappa shape index (κ1) is 26.6. The fraction of sp³-hybridized carbons (Fsp3) is 0.452. The van der Waals surface area contributed by atoms with E-state index < -0.39 is 6.04 Å². The minimum Gasteiger partial charge on any atom is -0.493 e. The maximum Gasteiger partial charge on any atom is 0.341 e. The number of nitrogens with one attached hydrogen (secondary N) is 1. The van der Waals surface area contributed by atoms with Gasteiger partial charge >= 0.3 is 5.91 Å². The molecule has 4 fully saturated rings. The van der Waals surface area contributed by atoms with Crippen LogP contribution in [-0.2, 0) is 16.6 Å². The molecule has 4 aliphatic heterocycles. The predicted octanol–water partition coefficient (Wildman–Crippen LogP) is 2.08. The molecule has 1 N–H and O–H groups in total. The highest BCUT2D eigenvalue weighted by Crippen LogP contribution is 2.62. The number of aryl methyl sites for hydroxylation is 1. The average molecular weight is 571 g/mol. The Hall–Kier alpha value is -4.25. The molecule has 1 aromatic carbocycles. The molecule has 1 aliphatic carbocycles. The third kappa shape index (κ3) is 3.93. The number of hydrogen-bond acceptors (Lipinski definition) is 7. The largest absolute Gasteiger partial charge is 0.493 e. The van der Waals surface area contributed by atoms with Crippen LogP contribution in [0.15, 0.2) is 54.9 Å². The van der Waals surface area contributed by atoms with Gasteiger partial charge in [-0.1, -0.05) is 18.2 Å². The van der Waals surface area contributed by atoms with E-state index in [1.54, 1.807) is 26.2 Å². The van der Waals surface area contributed by atoms with Gasteiger partial charge in [0, 0.05) is 82.2 Å². The number of hydrogen-bond donors (Lipinski definition) is 1. The van der Waals surface area contributed by atoms with Gasteiger partial charge in [-0.05, 0) is 18.2 Å². The highest BCUT2D eigenvalue weighted by molar-refractivity contribution is 6.00. The van der Waals surface area contributed by atoms with Gasteiger partial charge in [0.15, 0.2) is 11.7 Å². The molecule has 0 radical (unpaired) electrons. The minimum absolute atomic E-state index is 0.0410. The first-order valence-corrected chi connectivity index (χ1v) is 14.6. The van der Waals surface area contributed by atoms with E-state index in [4.69, 9.17) is 9.72 Å². The first-order chi connectivity index (χ1) is 20.2. The number of fused-ring (bicyclic) bond motifs is 3. The molecule has 1 spiro atoms. The number of likely N-dealkylation sites (N-methyl/N-ethyl adjacent to an activating group) is 1. The lowest BCUT2D eigenvalue weighted by molar-refractivity contribution is -0.133. The number of anilines is 1. The van der Waals surface area contributed by atoms with Gasteiger partial charge in [0.25, 0.3) is 5.91 Å². The number of piperazine rings is 1. The van der Waals surface area contributed by atoms with Crippen LogP contribution in [0.4, 0.5) is 11.5 Å². The highest BCUT2D eigenvalue weighted by atomic mass is 16.5. The van der Waals surface area contributed by atoms with E-state index in [1.165, 1.54) is 4.68 Å².